The van der Waals surface area contributed by atoms with Crippen molar-refractivity contribution >= 4 is 0 Å². The Morgan fingerprint density at radius 1 is 1.00 bits per heavy atom. The lowest BCUT2D eigenvalue weighted by Gasteiger charge is -2.20. The minimum Gasteiger partial charge on any atom is -0.486 e. The van der Waals surface area contributed by atoms with Crippen LogP contribution < -0.4 is 9.47 Å². The van der Waals surface area contributed by atoms with E-state index in [2.05, 4.69) is 6.07 Å². The Kier molecular flexibility index (Phi) is 3.56. The van der Waals surface area contributed by atoms with Crippen LogP contribution in [0.1, 0.15) is 17.0 Å². The fraction of sp³-hybridized carbons (Fsp3) is 0.235. The van der Waals surface area contributed by atoms with E-state index in [0.717, 1.165) is 22.6 Å². The molecule has 1 unspecified atom stereocenters. The molecule has 2 aromatic carbocycles. The highest BCUT2D eigenvalue weighted by Crippen LogP contribution is 2.33. The van der Waals surface area contributed by atoms with E-state index in [4.69, 9.17) is 9.47 Å². The summed E-state index contributed by atoms with van der Waals surface area (Å²) in [5.74, 6) is 1.33. The minimum absolute atomic E-state index is 0.173. The molecule has 0 N–H and O–H groups in total. The van der Waals surface area contributed by atoms with Gasteiger partial charge in [0.05, 0.1) is 12.0 Å². The highest BCUT2D eigenvalue weighted by Gasteiger charge is 2.17. The summed E-state index contributed by atoms with van der Waals surface area (Å²) in [6.07, 6.45) is 0.705. The molecule has 3 nitrogen and oxygen atoms in total. The number of rotatable bonds is 3. The maximum absolute atomic E-state index is 9.42. The minimum atomic E-state index is -0.173. The normalized spacial score (nSPS) is 14.3. The van der Waals surface area contributed by atoms with Gasteiger partial charge in [-0.15, -0.1) is 0 Å². The molecule has 3 heteroatoms. The summed E-state index contributed by atoms with van der Waals surface area (Å²) >= 11 is 0. The number of hydrogen-bond acceptors (Lipinski definition) is 3. The van der Waals surface area contributed by atoms with Crippen LogP contribution in [-0.2, 0) is 6.42 Å². The van der Waals surface area contributed by atoms with E-state index in [9.17, 15) is 5.26 Å². The zero-order valence-corrected chi connectivity index (χ0v) is 11.1. The molecular weight excluding hydrogens is 250 g/mol. The van der Waals surface area contributed by atoms with Crippen LogP contribution in [0, 0.1) is 11.3 Å². The number of fused-ring (bicyclic) bond motifs is 1. The molecule has 0 aromatic heterocycles. The first kappa shape index (κ1) is 12.6. The molecule has 1 heterocycles. The Labute approximate surface area is 118 Å². The number of benzene rings is 2. The van der Waals surface area contributed by atoms with Gasteiger partial charge >= 0.3 is 0 Å². The second kappa shape index (κ2) is 5.66. The summed E-state index contributed by atoms with van der Waals surface area (Å²) in [5, 5.41) is 9.42. The monoisotopic (exact) mass is 265 g/mol. The first-order valence-corrected chi connectivity index (χ1v) is 6.70. The van der Waals surface area contributed by atoms with Crippen LogP contribution in [0.25, 0.3) is 0 Å². The second-order valence-corrected chi connectivity index (χ2v) is 4.77. The topological polar surface area (TPSA) is 42.2 Å². The molecule has 3 rings (SSSR count). The largest absolute Gasteiger partial charge is 0.486 e. The molecular formula is C17H15NO2. The van der Waals surface area contributed by atoms with Crippen molar-refractivity contribution in [3.63, 3.8) is 0 Å². The molecule has 1 aliphatic rings. The van der Waals surface area contributed by atoms with E-state index in [1.54, 1.807) is 0 Å². The lowest BCUT2D eigenvalue weighted by atomic mass is 9.93. The average Bonchev–Trinajstić information content (AvgIpc) is 2.53. The van der Waals surface area contributed by atoms with Crippen molar-refractivity contribution < 1.29 is 9.47 Å². The van der Waals surface area contributed by atoms with E-state index in [0.29, 0.717) is 19.6 Å². The van der Waals surface area contributed by atoms with Gasteiger partial charge in [0, 0.05) is 0 Å². The summed E-state index contributed by atoms with van der Waals surface area (Å²) in [6.45, 7) is 1.14. The fourth-order valence-corrected chi connectivity index (χ4v) is 2.36. The van der Waals surface area contributed by atoms with Gasteiger partial charge in [0.25, 0.3) is 0 Å². The summed E-state index contributed by atoms with van der Waals surface area (Å²) < 4.78 is 11.1. The standard InChI is InChI=1S/C17H15NO2/c18-12-15(10-13-4-2-1-3-5-13)14-6-7-16-17(11-14)20-9-8-19-16/h1-7,11,15H,8-10H2. The molecule has 0 saturated carbocycles. The van der Waals surface area contributed by atoms with Gasteiger partial charge in [-0.05, 0) is 29.7 Å². The molecule has 0 saturated heterocycles. The van der Waals surface area contributed by atoms with Gasteiger partial charge in [0.2, 0.25) is 0 Å². The Morgan fingerprint density at radius 3 is 2.50 bits per heavy atom. The Balaban J connectivity index is 1.84. The molecule has 20 heavy (non-hydrogen) atoms. The van der Waals surface area contributed by atoms with Gasteiger partial charge < -0.3 is 9.47 Å². The van der Waals surface area contributed by atoms with E-state index in [1.807, 2.05) is 48.5 Å². The number of hydrogen-bond donors (Lipinski definition) is 0. The van der Waals surface area contributed by atoms with Crippen molar-refractivity contribution in [1.29, 1.82) is 5.26 Å². The van der Waals surface area contributed by atoms with Crippen LogP contribution in [0.2, 0.25) is 0 Å². The molecule has 0 fully saturated rings. The van der Waals surface area contributed by atoms with Crippen LogP contribution in [0.5, 0.6) is 11.5 Å². The number of nitriles is 1. The molecule has 0 bridgehead atoms. The Morgan fingerprint density at radius 2 is 1.75 bits per heavy atom. The molecule has 0 aliphatic carbocycles. The third kappa shape index (κ3) is 2.60. The van der Waals surface area contributed by atoms with Gasteiger partial charge in [-0.1, -0.05) is 36.4 Å². The second-order valence-electron chi connectivity index (χ2n) is 4.77. The molecule has 1 atom stereocenters. The first-order valence-electron chi connectivity index (χ1n) is 6.70. The van der Waals surface area contributed by atoms with Crippen molar-refractivity contribution in [3.05, 3.63) is 59.7 Å². The lowest BCUT2D eigenvalue weighted by molar-refractivity contribution is 0.171. The molecule has 0 amide bonds. The lowest BCUT2D eigenvalue weighted by Crippen LogP contribution is -2.15. The average molecular weight is 265 g/mol. The van der Waals surface area contributed by atoms with Gasteiger partial charge in [0.1, 0.15) is 13.2 Å². The first-order chi connectivity index (χ1) is 9.86. The predicted octanol–water partition coefficient (Wildman–Crippen LogP) is 3.31. The van der Waals surface area contributed by atoms with Crippen LogP contribution >= 0.6 is 0 Å². The summed E-state index contributed by atoms with van der Waals surface area (Å²) in [5.41, 5.74) is 2.13. The van der Waals surface area contributed by atoms with Crippen molar-refractivity contribution in [2.45, 2.75) is 12.3 Å². The molecule has 1 aliphatic heterocycles. The third-order valence-corrected chi connectivity index (χ3v) is 3.41. The van der Waals surface area contributed by atoms with E-state index in [-0.39, 0.29) is 5.92 Å². The Bertz CT molecular complexity index is 631. The highest BCUT2D eigenvalue weighted by atomic mass is 16.6. The molecule has 100 valence electrons. The van der Waals surface area contributed by atoms with Crippen molar-refractivity contribution in [3.8, 4) is 17.6 Å². The van der Waals surface area contributed by atoms with Gasteiger partial charge in [-0.3, -0.25) is 0 Å². The van der Waals surface area contributed by atoms with E-state index < -0.39 is 0 Å². The van der Waals surface area contributed by atoms with Crippen molar-refractivity contribution in [2.24, 2.45) is 0 Å². The molecule has 2 aromatic rings. The fourth-order valence-electron chi connectivity index (χ4n) is 2.36. The zero-order valence-electron chi connectivity index (χ0n) is 11.1. The Hall–Kier alpha value is -2.47. The van der Waals surface area contributed by atoms with E-state index >= 15 is 0 Å². The number of ether oxygens (including phenoxy) is 2. The van der Waals surface area contributed by atoms with Crippen LogP contribution in [-0.4, -0.2) is 13.2 Å². The van der Waals surface area contributed by atoms with Crippen molar-refractivity contribution in [1.82, 2.24) is 0 Å². The highest BCUT2D eigenvalue weighted by molar-refractivity contribution is 5.46. The van der Waals surface area contributed by atoms with Crippen LogP contribution in [0.15, 0.2) is 48.5 Å². The smallest absolute Gasteiger partial charge is 0.161 e. The maximum atomic E-state index is 9.42. The van der Waals surface area contributed by atoms with E-state index in [1.165, 1.54) is 0 Å². The van der Waals surface area contributed by atoms with Crippen LogP contribution in [0.4, 0.5) is 0 Å². The van der Waals surface area contributed by atoms with Gasteiger partial charge in [0.15, 0.2) is 11.5 Å². The van der Waals surface area contributed by atoms with Crippen molar-refractivity contribution in [2.75, 3.05) is 13.2 Å². The third-order valence-electron chi connectivity index (χ3n) is 3.41. The SMILES string of the molecule is N#CC(Cc1ccccc1)c1ccc2c(c1)OCCO2. The summed E-state index contributed by atoms with van der Waals surface area (Å²) in [7, 11) is 0. The number of nitrogens with zero attached hydrogens (tertiary/aromatic N) is 1. The van der Waals surface area contributed by atoms with Crippen LogP contribution in [0.3, 0.4) is 0 Å². The summed E-state index contributed by atoms with van der Waals surface area (Å²) in [4.78, 5) is 0. The summed E-state index contributed by atoms with van der Waals surface area (Å²) in [6, 6.07) is 18.2. The van der Waals surface area contributed by atoms with Gasteiger partial charge in [-0.2, -0.15) is 5.26 Å². The molecule has 0 radical (unpaired) electrons. The molecule has 0 spiro atoms. The predicted molar refractivity (Wildman–Crippen MR) is 75.9 cm³/mol. The maximum Gasteiger partial charge on any atom is 0.161 e. The quantitative estimate of drug-likeness (QED) is 0.855. The zero-order chi connectivity index (χ0) is 13.8. The van der Waals surface area contributed by atoms with Gasteiger partial charge in [-0.25, -0.2) is 0 Å².